The predicted molar refractivity (Wildman–Crippen MR) is 139 cm³/mol. The number of carbonyl (C=O) groups is 1. The highest BCUT2D eigenvalue weighted by Crippen LogP contribution is 2.39. The maximum Gasteiger partial charge on any atom is 0.269 e. The van der Waals surface area contributed by atoms with Gasteiger partial charge >= 0.3 is 0 Å². The molecular formula is C27H27BN6O. The van der Waals surface area contributed by atoms with Crippen molar-refractivity contribution in [2.24, 2.45) is 0 Å². The van der Waals surface area contributed by atoms with Gasteiger partial charge in [-0.15, -0.1) is 0 Å². The highest BCUT2D eigenvalue weighted by atomic mass is 16.1. The molecule has 1 atom stereocenters. The van der Waals surface area contributed by atoms with E-state index < -0.39 is 0 Å². The Hall–Kier alpha value is -3.78. The van der Waals surface area contributed by atoms with Crippen LogP contribution in [0.3, 0.4) is 0 Å². The molecule has 0 amide bonds. The average molecular weight is 462 g/mol. The summed E-state index contributed by atoms with van der Waals surface area (Å²) >= 11 is 0. The van der Waals surface area contributed by atoms with Crippen molar-refractivity contribution >= 4 is 25.9 Å². The quantitative estimate of drug-likeness (QED) is 0.284. The SMILES string of the molecule is [B]n1nc(-c2ccc(-c3ccc(C4CC4)nc3)cc2C)nc1Nc1ccc(C=O)c(C(C)NC)c1. The van der Waals surface area contributed by atoms with Gasteiger partial charge in [0.25, 0.3) is 7.98 Å². The Labute approximate surface area is 206 Å². The van der Waals surface area contributed by atoms with E-state index in [1.54, 1.807) is 6.07 Å². The van der Waals surface area contributed by atoms with E-state index in [0.29, 0.717) is 23.3 Å². The number of benzene rings is 2. The van der Waals surface area contributed by atoms with E-state index in [1.807, 2.05) is 45.3 Å². The van der Waals surface area contributed by atoms with E-state index in [-0.39, 0.29) is 6.04 Å². The third-order valence-corrected chi connectivity index (χ3v) is 6.58. The maximum atomic E-state index is 11.4. The van der Waals surface area contributed by atoms with E-state index in [1.165, 1.54) is 23.1 Å². The molecule has 1 unspecified atom stereocenters. The number of aryl methyl sites for hydroxylation is 1. The van der Waals surface area contributed by atoms with Crippen molar-refractivity contribution in [1.29, 1.82) is 0 Å². The summed E-state index contributed by atoms with van der Waals surface area (Å²) in [6, 6.07) is 16.0. The van der Waals surface area contributed by atoms with Crippen LogP contribution in [0.25, 0.3) is 22.5 Å². The Balaban J connectivity index is 1.38. The molecule has 8 heteroatoms. The molecule has 174 valence electrons. The van der Waals surface area contributed by atoms with Gasteiger partial charge in [-0.1, -0.05) is 24.3 Å². The summed E-state index contributed by atoms with van der Waals surface area (Å²) in [7, 11) is 7.98. The summed E-state index contributed by atoms with van der Waals surface area (Å²) in [6.45, 7) is 4.04. The molecule has 0 aliphatic heterocycles. The lowest BCUT2D eigenvalue weighted by molar-refractivity contribution is 0.112. The number of anilines is 2. The Morgan fingerprint density at radius 1 is 1.11 bits per heavy atom. The van der Waals surface area contributed by atoms with Gasteiger partial charge in [-0.05, 0) is 74.7 Å². The molecule has 2 aromatic carbocycles. The van der Waals surface area contributed by atoms with Crippen LogP contribution in [-0.4, -0.2) is 41.0 Å². The van der Waals surface area contributed by atoms with Crippen LogP contribution in [-0.2, 0) is 0 Å². The predicted octanol–water partition coefficient (Wildman–Crippen LogP) is 4.96. The first-order valence-electron chi connectivity index (χ1n) is 11.8. The van der Waals surface area contributed by atoms with Crippen LogP contribution in [0.1, 0.15) is 58.9 Å². The summed E-state index contributed by atoms with van der Waals surface area (Å²) in [6.07, 6.45) is 5.31. The molecular weight excluding hydrogens is 435 g/mol. The number of pyridine rings is 1. The monoisotopic (exact) mass is 462 g/mol. The minimum Gasteiger partial charge on any atom is -0.325 e. The summed E-state index contributed by atoms with van der Waals surface area (Å²) in [5.74, 6) is 1.59. The highest BCUT2D eigenvalue weighted by Gasteiger charge is 2.24. The zero-order valence-corrected chi connectivity index (χ0v) is 20.1. The first kappa shape index (κ1) is 23.0. The van der Waals surface area contributed by atoms with Crippen LogP contribution in [0.4, 0.5) is 11.6 Å². The van der Waals surface area contributed by atoms with Crippen LogP contribution < -0.4 is 10.6 Å². The fourth-order valence-electron chi connectivity index (χ4n) is 4.23. The number of nitrogens with zero attached hydrogens (tertiary/aromatic N) is 4. The number of hydrogen-bond donors (Lipinski definition) is 2. The van der Waals surface area contributed by atoms with Gasteiger partial charge in [0.05, 0.1) is 0 Å². The third-order valence-electron chi connectivity index (χ3n) is 6.58. The smallest absolute Gasteiger partial charge is 0.269 e. The molecule has 1 fully saturated rings. The number of rotatable bonds is 8. The highest BCUT2D eigenvalue weighted by molar-refractivity contribution is 6.07. The molecule has 2 heterocycles. The largest absolute Gasteiger partial charge is 0.325 e. The fourth-order valence-corrected chi connectivity index (χ4v) is 4.23. The Morgan fingerprint density at radius 3 is 2.57 bits per heavy atom. The van der Waals surface area contributed by atoms with E-state index in [9.17, 15) is 4.79 Å². The minimum absolute atomic E-state index is 0.0181. The third kappa shape index (κ3) is 4.75. The average Bonchev–Trinajstić information content (AvgIpc) is 3.67. The van der Waals surface area contributed by atoms with E-state index in [0.717, 1.165) is 39.8 Å². The van der Waals surface area contributed by atoms with Crippen molar-refractivity contribution in [2.45, 2.75) is 38.6 Å². The van der Waals surface area contributed by atoms with Gasteiger partial charge in [0.15, 0.2) is 5.82 Å². The van der Waals surface area contributed by atoms with Crippen molar-refractivity contribution in [3.05, 3.63) is 77.1 Å². The molecule has 0 saturated heterocycles. The van der Waals surface area contributed by atoms with Gasteiger partial charge in [0.1, 0.15) is 6.29 Å². The zero-order valence-electron chi connectivity index (χ0n) is 20.1. The summed E-state index contributed by atoms with van der Waals surface area (Å²) in [4.78, 5) is 20.7. The number of hydrogen-bond acceptors (Lipinski definition) is 6. The standard InChI is InChI=1S/C27H27BN6O/c1-16-12-19(20-8-11-25(30-14-20)18-4-5-18)7-10-23(16)26-32-27(34(28)33-26)31-22-9-6-21(15-35)24(13-22)17(2)29-3/h6-15,17-18,29H,4-5H2,1-3H3,(H,31,32,33). The second-order valence-electron chi connectivity index (χ2n) is 9.08. The topological polar surface area (TPSA) is 84.7 Å². The van der Waals surface area contributed by atoms with Crippen molar-refractivity contribution < 1.29 is 4.79 Å². The molecule has 1 aliphatic rings. The van der Waals surface area contributed by atoms with E-state index >= 15 is 0 Å². The van der Waals surface area contributed by atoms with Gasteiger partial charge in [0.2, 0.25) is 5.95 Å². The number of aldehydes is 1. The molecule has 2 radical (unpaired) electrons. The number of nitrogens with one attached hydrogen (secondary N) is 2. The molecule has 1 aliphatic carbocycles. The zero-order chi connectivity index (χ0) is 24.5. The number of aromatic nitrogens is 4. The van der Waals surface area contributed by atoms with Crippen molar-refractivity contribution in [1.82, 2.24) is 25.0 Å². The van der Waals surface area contributed by atoms with Crippen LogP contribution in [0, 0.1) is 6.92 Å². The van der Waals surface area contributed by atoms with Gasteiger partial charge in [-0.2, -0.15) is 10.1 Å². The van der Waals surface area contributed by atoms with E-state index in [2.05, 4.69) is 50.0 Å². The molecule has 0 spiro atoms. The van der Waals surface area contributed by atoms with Crippen molar-refractivity contribution in [3.8, 4) is 22.5 Å². The lowest BCUT2D eigenvalue weighted by atomic mass is 10.0. The minimum atomic E-state index is 0.0181. The first-order chi connectivity index (χ1) is 17.0. The van der Waals surface area contributed by atoms with Gasteiger partial charge in [-0.3, -0.25) is 14.4 Å². The first-order valence-corrected chi connectivity index (χ1v) is 11.8. The summed E-state index contributed by atoms with van der Waals surface area (Å²) in [5, 5.41) is 10.8. The normalized spacial score (nSPS) is 14.0. The van der Waals surface area contributed by atoms with Crippen LogP contribution in [0.2, 0.25) is 0 Å². The Morgan fingerprint density at radius 2 is 1.91 bits per heavy atom. The second kappa shape index (κ2) is 9.46. The van der Waals surface area contributed by atoms with Gasteiger partial charge in [-0.25, -0.2) is 0 Å². The van der Waals surface area contributed by atoms with Crippen LogP contribution >= 0.6 is 0 Å². The molecule has 35 heavy (non-hydrogen) atoms. The number of carbonyl (C=O) groups excluding carboxylic acids is 1. The molecule has 0 bridgehead atoms. The lowest BCUT2D eigenvalue weighted by Crippen LogP contribution is -2.14. The molecule has 2 N–H and O–H groups in total. The van der Waals surface area contributed by atoms with Gasteiger partial charge in [0, 0.05) is 46.2 Å². The Bertz CT molecular complexity index is 1380. The van der Waals surface area contributed by atoms with Crippen molar-refractivity contribution in [3.63, 3.8) is 0 Å². The molecule has 4 aromatic rings. The fraction of sp³-hybridized carbons (Fsp3) is 0.259. The maximum absolute atomic E-state index is 11.4. The van der Waals surface area contributed by atoms with E-state index in [4.69, 9.17) is 7.98 Å². The molecule has 2 aromatic heterocycles. The summed E-state index contributed by atoms with van der Waals surface area (Å²) in [5.41, 5.74) is 7.64. The second-order valence-corrected chi connectivity index (χ2v) is 9.08. The lowest BCUT2D eigenvalue weighted by Gasteiger charge is -2.15. The van der Waals surface area contributed by atoms with Crippen molar-refractivity contribution in [2.75, 3.05) is 12.4 Å². The summed E-state index contributed by atoms with van der Waals surface area (Å²) < 4.78 is 1.23. The van der Waals surface area contributed by atoms with Gasteiger partial charge < -0.3 is 10.6 Å². The molecule has 1 saturated carbocycles. The van der Waals surface area contributed by atoms with Crippen LogP contribution in [0.15, 0.2) is 54.7 Å². The molecule has 5 rings (SSSR count). The Kier molecular flexibility index (Phi) is 6.22. The molecule has 7 nitrogen and oxygen atoms in total. The van der Waals surface area contributed by atoms with Crippen LogP contribution in [0.5, 0.6) is 0 Å².